The monoisotopic (exact) mass is 278 g/mol. The molecule has 3 rings (SSSR count). The highest BCUT2D eigenvalue weighted by atomic mass is 15.1. The Hall–Kier alpha value is -2.49. The van der Waals surface area contributed by atoms with Crippen LogP contribution < -0.4 is 5.32 Å². The van der Waals surface area contributed by atoms with Crippen LogP contribution in [0.4, 0.5) is 5.95 Å². The van der Waals surface area contributed by atoms with Gasteiger partial charge in [-0.1, -0.05) is 19.1 Å². The maximum absolute atomic E-state index is 4.56. The fourth-order valence-corrected chi connectivity index (χ4v) is 2.23. The predicted octanol–water partition coefficient (Wildman–Crippen LogP) is 3.82. The van der Waals surface area contributed by atoms with Crippen LogP contribution >= 0.6 is 0 Å². The Morgan fingerprint density at radius 3 is 2.81 bits per heavy atom. The van der Waals surface area contributed by atoms with E-state index in [4.69, 9.17) is 0 Å². The number of hydrogen-bond acceptors (Lipinski definition) is 4. The van der Waals surface area contributed by atoms with Crippen LogP contribution in [0.1, 0.15) is 19.0 Å². The van der Waals surface area contributed by atoms with E-state index in [1.54, 1.807) is 6.20 Å². The van der Waals surface area contributed by atoms with E-state index < -0.39 is 0 Å². The molecule has 0 unspecified atom stereocenters. The highest BCUT2D eigenvalue weighted by molar-refractivity contribution is 5.84. The summed E-state index contributed by atoms with van der Waals surface area (Å²) in [5, 5.41) is 4.34. The number of hydrogen-bond donors (Lipinski definition) is 1. The van der Waals surface area contributed by atoms with Crippen molar-refractivity contribution in [2.24, 2.45) is 0 Å². The lowest BCUT2D eigenvalue weighted by molar-refractivity contribution is 0.953. The quantitative estimate of drug-likeness (QED) is 0.788. The summed E-state index contributed by atoms with van der Waals surface area (Å²) in [6.07, 6.45) is 2.84. The molecule has 0 aliphatic carbocycles. The minimum atomic E-state index is 0.677. The molecular weight excluding hydrogens is 260 g/mol. The predicted molar refractivity (Wildman–Crippen MR) is 86.3 cm³/mol. The van der Waals surface area contributed by atoms with Gasteiger partial charge in [0.2, 0.25) is 5.95 Å². The van der Waals surface area contributed by atoms with E-state index in [9.17, 15) is 0 Å². The van der Waals surface area contributed by atoms with Crippen LogP contribution in [0.2, 0.25) is 0 Å². The normalized spacial score (nSPS) is 10.8. The van der Waals surface area contributed by atoms with Gasteiger partial charge in [0.15, 0.2) is 0 Å². The second-order valence-corrected chi connectivity index (χ2v) is 5.05. The van der Waals surface area contributed by atoms with Crippen LogP contribution in [0, 0.1) is 6.92 Å². The molecule has 3 aromatic rings. The summed E-state index contributed by atoms with van der Waals surface area (Å²) in [6.45, 7) is 5.00. The number of aryl methyl sites for hydroxylation is 1. The van der Waals surface area contributed by atoms with Crippen LogP contribution in [-0.4, -0.2) is 21.5 Å². The van der Waals surface area contributed by atoms with Crippen LogP contribution in [0.5, 0.6) is 0 Å². The van der Waals surface area contributed by atoms with Crippen molar-refractivity contribution in [3.8, 4) is 11.3 Å². The van der Waals surface area contributed by atoms with Gasteiger partial charge < -0.3 is 5.32 Å². The summed E-state index contributed by atoms with van der Waals surface area (Å²) in [7, 11) is 0. The van der Waals surface area contributed by atoms with Crippen LogP contribution in [0.15, 0.2) is 42.6 Å². The lowest BCUT2D eigenvalue weighted by Crippen LogP contribution is -2.04. The Morgan fingerprint density at radius 2 is 1.95 bits per heavy atom. The second kappa shape index (κ2) is 5.87. The van der Waals surface area contributed by atoms with Crippen molar-refractivity contribution in [1.29, 1.82) is 0 Å². The fourth-order valence-electron chi connectivity index (χ4n) is 2.23. The molecule has 1 N–H and O–H groups in total. The molecule has 0 bridgehead atoms. The SMILES string of the molecule is CCCNc1nccc(-c2ccc3nc(C)ccc3c2)n1. The molecule has 4 heteroatoms. The summed E-state index contributed by atoms with van der Waals surface area (Å²) in [4.78, 5) is 13.3. The lowest BCUT2D eigenvalue weighted by atomic mass is 10.1. The highest BCUT2D eigenvalue weighted by Crippen LogP contribution is 2.22. The zero-order valence-corrected chi connectivity index (χ0v) is 12.3. The molecule has 0 aliphatic heterocycles. The minimum absolute atomic E-state index is 0.677. The molecule has 2 heterocycles. The Morgan fingerprint density at radius 1 is 1.05 bits per heavy atom. The van der Waals surface area contributed by atoms with Crippen LogP contribution in [0.3, 0.4) is 0 Å². The summed E-state index contributed by atoms with van der Waals surface area (Å²) >= 11 is 0. The first-order valence-electron chi connectivity index (χ1n) is 7.21. The van der Waals surface area contributed by atoms with Crippen molar-refractivity contribution in [3.05, 3.63) is 48.3 Å². The molecular formula is C17H18N4. The van der Waals surface area contributed by atoms with Gasteiger partial charge in [0.25, 0.3) is 0 Å². The minimum Gasteiger partial charge on any atom is -0.354 e. The van der Waals surface area contributed by atoms with E-state index in [2.05, 4.69) is 45.4 Å². The molecule has 21 heavy (non-hydrogen) atoms. The molecule has 1 aromatic carbocycles. The number of nitrogens with one attached hydrogen (secondary N) is 1. The number of benzene rings is 1. The molecule has 4 nitrogen and oxygen atoms in total. The van der Waals surface area contributed by atoms with Crippen molar-refractivity contribution in [2.75, 3.05) is 11.9 Å². The third-order valence-corrected chi connectivity index (χ3v) is 3.31. The maximum atomic E-state index is 4.56. The van der Waals surface area contributed by atoms with E-state index in [-0.39, 0.29) is 0 Å². The van der Waals surface area contributed by atoms with Gasteiger partial charge >= 0.3 is 0 Å². The summed E-state index contributed by atoms with van der Waals surface area (Å²) in [5.41, 5.74) is 4.04. The molecule has 0 saturated carbocycles. The Balaban J connectivity index is 1.98. The van der Waals surface area contributed by atoms with Gasteiger partial charge in [-0.05, 0) is 37.6 Å². The third kappa shape index (κ3) is 2.99. The van der Waals surface area contributed by atoms with E-state index in [1.807, 2.05) is 25.1 Å². The smallest absolute Gasteiger partial charge is 0.223 e. The summed E-state index contributed by atoms with van der Waals surface area (Å²) in [6, 6.07) is 12.3. The fraction of sp³-hybridized carbons (Fsp3) is 0.235. The highest BCUT2D eigenvalue weighted by Gasteiger charge is 2.04. The third-order valence-electron chi connectivity index (χ3n) is 3.31. The van der Waals surface area contributed by atoms with E-state index in [0.717, 1.165) is 40.8 Å². The number of fused-ring (bicyclic) bond motifs is 1. The van der Waals surface area contributed by atoms with Gasteiger partial charge in [0.05, 0.1) is 11.2 Å². The first-order chi connectivity index (χ1) is 10.3. The van der Waals surface area contributed by atoms with Gasteiger partial charge in [-0.25, -0.2) is 9.97 Å². The Bertz CT molecular complexity index is 768. The zero-order valence-electron chi connectivity index (χ0n) is 12.3. The summed E-state index contributed by atoms with van der Waals surface area (Å²) in [5.74, 6) is 0.677. The van der Waals surface area contributed by atoms with Gasteiger partial charge in [-0.15, -0.1) is 0 Å². The molecule has 0 fully saturated rings. The van der Waals surface area contributed by atoms with Crippen molar-refractivity contribution in [2.45, 2.75) is 20.3 Å². The molecule has 0 spiro atoms. The number of aromatic nitrogens is 3. The molecule has 0 amide bonds. The van der Waals surface area contributed by atoms with Crippen molar-refractivity contribution in [1.82, 2.24) is 15.0 Å². The first-order valence-corrected chi connectivity index (χ1v) is 7.21. The molecule has 106 valence electrons. The largest absolute Gasteiger partial charge is 0.354 e. The van der Waals surface area contributed by atoms with E-state index >= 15 is 0 Å². The van der Waals surface area contributed by atoms with Crippen molar-refractivity contribution < 1.29 is 0 Å². The average Bonchev–Trinajstić information content (AvgIpc) is 2.52. The van der Waals surface area contributed by atoms with Gasteiger partial charge in [-0.3, -0.25) is 4.98 Å². The molecule has 2 aromatic heterocycles. The van der Waals surface area contributed by atoms with E-state index in [1.165, 1.54) is 0 Å². The molecule has 0 aliphatic rings. The van der Waals surface area contributed by atoms with Crippen LogP contribution in [-0.2, 0) is 0 Å². The van der Waals surface area contributed by atoms with Gasteiger partial charge in [-0.2, -0.15) is 0 Å². The molecule has 0 radical (unpaired) electrons. The standard InChI is InChI=1S/C17H18N4/c1-3-9-18-17-19-10-8-16(21-17)14-6-7-15-13(11-14)5-4-12(2)20-15/h4-8,10-11H,3,9H2,1-2H3,(H,18,19,21). The van der Waals surface area contributed by atoms with E-state index in [0.29, 0.717) is 5.95 Å². The number of rotatable bonds is 4. The average molecular weight is 278 g/mol. The topological polar surface area (TPSA) is 50.7 Å². The van der Waals surface area contributed by atoms with Crippen molar-refractivity contribution in [3.63, 3.8) is 0 Å². The molecule has 0 saturated heterocycles. The van der Waals surface area contributed by atoms with Gasteiger partial charge in [0, 0.05) is 29.4 Å². The van der Waals surface area contributed by atoms with Crippen molar-refractivity contribution >= 4 is 16.9 Å². The second-order valence-electron chi connectivity index (χ2n) is 5.05. The Labute approximate surface area is 124 Å². The first kappa shape index (κ1) is 13.5. The lowest BCUT2D eigenvalue weighted by Gasteiger charge is -2.06. The van der Waals surface area contributed by atoms with Gasteiger partial charge in [0.1, 0.15) is 0 Å². The number of pyridine rings is 1. The Kier molecular flexibility index (Phi) is 3.77. The number of anilines is 1. The maximum Gasteiger partial charge on any atom is 0.223 e. The number of nitrogens with zero attached hydrogens (tertiary/aromatic N) is 3. The summed E-state index contributed by atoms with van der Waals surface area (Å²) < 4.78 is 0. The molecule has 0 atom stereocenters. The van der Waals surface area contributed by atoms with Crippen LogP contribution in [0.25, 0.3) is 22.2 Å². The zero-order chi connectivity index (χ0) is 14.7.